The Labute approximate surface area is 215 Å². The molecule has 3 aromatic carbocycles. The van der Waals surface area contributed by atoms with E-state index in [2.05, 4.69) is 0 Å². The van der Waals surface area contributed by atoms with Gasteiger partial charge in [-0.3, -0.25) is 14.5 Å². The second kappa shape index (κ2) is 11.1. The van der Waals surface area contributed by atoms with Crippen LogP contribution in [-0.2, 0) is 9.59 Å². The number of aliphatic hydroxyl groups is 1. The molecule has 4 rings (SSSR count). The summed E-state index contributed by atoms with van der Waals surface area (Å²) in [4.78, 5) is 28.3. The molecule has 0 spiro atoms. The fourth-order valence-corrected chi connectivity index (χ4v) is 4.31. The Hall–Kier alpha value is -4.46. The molecule has 1 aliphatic heterocycles. The summed E-state index contributed by atoms with van der Waals surface area (Å²) >= 11 is 0. The molecule has 1 N–H and O–H groups in total. The van der Waals surface area contributed by atoms with Crippen LogP contribution in [0.3, 0.4) is 0 Å². The summed E-state index contributed by atoms with van der Waals surface area (Å²) in [6.07, 6.45) is 0.825. The van der Waals surface area contributed by atoms with Crippen molar-refractivity contribution in [3.05, 3.63) is 83.4 Å². The number of methoxy groups -OCH3 is 3. The third-order valence-electron chi connectivity index (χ3n) is 6.08. The molecule has 1 fully saturated rings. The van der Waals surface area contributed by atoms with E-state index in [0.717, 1.165) is 6.42 Å². The van der Waals surface area contributed by atoms with Crippen LogP contribution < -0.4 is 23.8 Å². The number of nitrogens with zero attached hydrogens (tertiary/aromatic N) is 1. The number of carbonyl (C=O) groups is 2. The monoisotopic (exact) mass is 503 g/mol. The first-order chi connectivity index (χ1) is 17.9. The summed E-state index contributed by atoms with van der Waals surface area (Å²) in [7, 11) is 4.51. The molecule has 8 nitrogen and oxygen atoms in total. The van der Waals surface area contributed by atoms with Crippen molar-refractivity contribution >= 4 is 23.1 Å². The minimum Gasteiger partial charge on any atom is -0.507 e. The average Bonchev–Trinajstić information content (AvgIpc) is 3.21. The summed E-state index contributed by atoms with van der Waals surface area (Å²) in [5, 5.41) is 11.4. The van der Waals surface area contributed by atoms with Crippen molar-refractivity contribution in [3.63, 3.8) is 0 Å². The van der Waals surface area contributed by atoms with Crippen LogP contribution in [0.1, 0.15) is 30.5 Å². The lowest BCUT2D eigenvalue weighted by Crippen LogP contribution is -2.29. The van der Waals surface area contributed by atoms with Gasteiger partial charge in [0.05, 0.1) is 39.6 Å². The highest BCUT2D eigenvalue weighted by molar-refractivity contribution is 6.51. The van der Waals surface area contributed by atoms with Crippen LogP contribution in [0.4, 0.5) is 5.69 Å². The van der Waals surface area contributed by atoms with Crippen molar-refractivity contribution in [1.29, 1.82) is 0 Å². The largest absolute Gasteiger partial charge is 0.507 e. The summed E-state index contributed by atoms with van der Waals surface area (Å²) in [5.41, 5.74) is 1.33. The molecule has 37 heavy (non-hydrogen) atoms. The molecule has 0 aromatic heterocycles. The van der Waals surface area contributed by atoms with Gasteiger partial charge in [-0.15, -0.1) is 0 Å². The standard InChI is InChI=1S/C29H29NO7/c1-5-14-37-22-11-6-8-18(15-22)26-25(27(31)19-12-13-23(35-3)24(16-19)36-4)28(32)29(33)30(26)20-9-7-10-21(17-20)34-2/h6-13,15-17,26,31H,5,14H2,1-4H3/b27-25+. The van der Waals surface area contributed by atoms with Crippen LogP contribution in [0.25, 0.3) is 5.76 Å². The van der Waals surface area contributed by atoms with Gasteiger partial charge in [0.15, 0.2) is 11.5 Å². The zero-order valence-corrected chi connectivity index (χ0v) is 21.2. The number of ketones is 1. The minimum absolute atomic E-state index is 0.0484. The first-order valence-corrected chi connectivity index (χ1v) is 11.8. The van der Waals surface area contributed by atoms with E-state index in [-0.39, 0.29) is 11.3 Å². The van der Waals surface area contributed by atoms with Crippen molar-refractivity contribution < 1.29 is 33.6 Å². The lowest BCUT2D eigenvalue weighted by molar-refractivity contribution is -0.132. The van der Waals surface area contributed by atoms with Gasteiger partial charge in [-0.2, -0.15) is 0 Å². The van der Waals surface area contributed by atoms with Crippen LogP contribution in [-0.4, -0.2) is 44.7 Å². The van der Waals surface area contributed by atoms with Gasteiger partial charge in [-0.1, -0.05) is 25.1 Å². The third-order valence-corrected chi connectivity index (χ3v) is 6.08. The molecule has 0 bridgehead atoms. The zero-order valence-electron chi connectivity index (χ0n) is 21.2. The van der Waals surface area contributed by atoms with Crippen LogP contribution in [0, 0.1) is 0 Å². The zero-order chi connectivity index (χ0) is 26.5. The molecule has 1 heterocycles. The van der Waals surface area contributed by atoms with Gasteiger partial charge in [0, 0.05) is 17.3 Å². The normalized spacial score (nSPS) is 16.5. The predicted octanol–water partition coefficient (Wildman–Crippen LogP) is 5.13. The lowest BCUT2D eigenvalue weighted by Gasteiger charge is -2.26. The fourth-order valence-electron chi connectivity index (χ4n) is 4.31. The maximum absolute atomic E-state index is 13.4. The number of ether oxygens (including phenoxy) is 4. The maximum atomic E-state index is 13.4. The van der Waals surface area contributed by atoms with E-state index in [1.807, 2.05) is 13.0 Å². The molecule has 1 unspecified atom stereocenters. The third kappa shape index (κ3) is 4.95. The van der Waals surface area contributed by atoms with Crippen molar-refractivity contribution in [2.75, 3.05) is 32.8 Å². The predicted molar refractivity (Wildman–Crippen MR) is 140 cm³/mol. The Morgan fingerprint density at radius 1 is 0.865 bits per heavy atom. The SMILES string of the molecule is CCCOc1cccc(C2/C(=C(\O)c3ccc(OC)c(OC)c3)C(=O)C(=O)N2c2cccc(OC)c2)c1. The van der Waals surface area contributed by atoms with E-state index in [1.54, 1.807) is 60.7 Å². The fraction of sp³-hybridized carbons (Fsp3) is 0.241. The van der Waals surface area contributed by atoms with E-state index in [0.29, 0.717) is 46.4 Å². The second-order valence-corrected chi connectivity index (χ2v) is 8.36. The van der Waals surface area contributed by atoms with Crippen LogP contribution in [0.5, 0.6) is 23.0 Å². The molecule has 3 aromatic rings. The number of carbonyl (C=O) groups excluding carboxylic acids is 2. The van der Waals surface area contributed by atoms with E-state index < -0.39 is 17.7 Å². The molecule has 0 radical (unpaired) electrons. The van der Waals surface area contributed by atoms with E-state index in [4.69, 9.17) is 18.9 Å². The van der Waals surface area contributed by atoms with E-state index >= 15 is 0 Å². The maximum Gasteiger partial charge on any atom is 0.300 e. The van der Waals surface area contributed by atoms with Crippen LogP contribution in [0.15, 0.2) is 72.3 Å². The van der Waals surface area contributed by atoms with Crippen LogP contribution in [0.2, 0.25) is 0 Å². The van der Waals surface area contributed by atoms with Crippen LogP contribution >= 0.6 is 0 Å². The number of benzene rings is 3. The molecule has 8 heteroatoms. The molecule has 0 saturated carbocycles. The molecule has 1 aliphatic rings. The Morgan fingerprint density at radius 3 is 2.30 bits per heavy atom. The number of hydrogen-bond donors (Lipinski definition) is 1. The van der Waals surface area contributed by atoms with Gasteiger partial charge in [0.25, 0.3) is 11.7 Å². The lowest BCUT2D eigenvalue weighted by atomic mass is 9.94. The van der Waals surface area contributed by atoms with Crippen molar-refractivity contribution in [2.45, 2.75) is 19.4 Å². The topological polar surface area (TPSA) is 94.5 Å². The van der Waals surface area contributed by atoms with E-state index in [9.17, 15) is 14.7 Å². The Morgan fingerprint density at radius 2 is 1.59 bits per heavy atom. The summed E-state index contributed by atoms with van der Waals surface area (Å²) in [6, 6.07) is 17.9. The molecule has 1 amide bonds. The van der Waals surface area contributed by atoms with Gasteiger partial charge in [-0.25, -0.2) is 0 Å². The molecule has 0 aliphatic carbocycles. The quantitative estimate of drug-likeness (QED) is 0.246. The molecular formula is C29H29NO7. The highest BCUT2D eigenvalue weighted by Gasteiger charge is 2.47. The average molecular weight is 504 g/mol. The van der Waals surface area contributed by atoms with Crippen molar-refractivity contribution in [2.24, 2.45) is 0 Å². The van der Waals surface area contributed by atoms with Crippen molar-refractivity contribution in [1.82, 2.24) is 0 Å². The second-order valence-electron chi connectivity index (χ2n) is 8.36. The van der Waals surface area contributed by atoms with Gasteiger partial charge in [0.2, 0.25) is 0 Å². The first kappa shape index (κ1) is 25.6. The summed E-state index contributed by atoms with van der Waals surface area (Å²) in [5.74, 6) is 0.0720. The molecule has 1 saturated heterocycles. The Balaban J connectivity index is 1.93. The molecule has 192 valence electrons. The smallest absolute Gasteiger partial charge is 0.300 e. The van der Waals surface area contributed by atoms with Gasteiger partial charge in [0.1, 0.15) is 17.3 Å². The van der Waals surface area contributed by atoms with Gasteiger partial charge >= 0.3 is 0 Å². The highest BCUT2D eigenvalue weighted by atomic mass is 16.5. The molecular weight excluding hydrogens is 474 g/mol. The minimum atomic E-state index is -0.912. The Bertz CT molecular complexity index is 1350. The highest BCUT2D eigenvalue weighted by Crippen LogP contribution is 2.44. The van der Waals surface area contributed by atoms with Gasteiger partial charge < -0.3 is 24.1 Å². The number of anilines is 1. The number of amides is 1. The first-order valence-electron chi connectivity index (χ1n) is 11.8. The number of hydrogen-bond acceptors (Lipinski definition) is 7. The summed E-state index contributed by atoms with van der Waals surface area (Å²) < 4.78 is 21.8. The Kier molecular flexibility index (Phi) is 7.67. The molecule has 1 atom stereocenters. The van der Waals surface area contributed by atoms with E-state index in [1.165, 1.54) is 26.2 Å². The number of aliphatic hydroxyl groups excluding tert-OH is 1. The number of Topliss-reactive ketones (excluding diaryl/α,β-unsaturated/α-hetero) is 1. The summed E-state index contributed by atoms with van der Waals surface area (Å²) in [6.45, 7) is 2.52. The van der Waals surface area contributed by atoms with Crippen molar-refractivity contribution in [3.8, 4) is 23.0 Å². The van der Waals surface area contributed by atoms with Gasteiger partial charge in [-0.05, 0) is 54.4 Å². The number of rotatable bonds is 9.